The number of aromatic nitrogens is 1. The van der Waals surface area contributed by atoms with Crippen LogP contribution in [-0.4, -0.2) is 32.7 Å². The van der Waals surface area contributed by atoms with Crippen LogP contribution in [0.4, 0.5) is 5.82 Å². The maximum atomic E-state index is 11.9. The number of methoxy groups -OCH3 is 1. The molecule has 0 bridgehead atoms. The highest BCUT2D eigenvalue weighted by Crippen LogP contribution is 2.12. The number of sulfonamides is 1. The Labute approximate surface area is 107 Å². The zero-order chi connectivity index (χ0) is 13.8. The first-order chi connectivity index (χ1) is 8.30. The maximum Gasteiger partial charge on any atom is 0.242 e. The van der Waals surface area contributed by atoms with E-state index in [4.69, 9.17) is 10.6 Å². The van der Waals surface area contributed by atoms with Crippen LogP contribution in [0.1, 0.15) is 13.8 Å². The van der Waals surface area contributed by atoms with Gasteiger partial charge in [0.2, 0.25) is 10.0 Å². The zero-order valence-corrected chi connectivity index (χ0v) is 11.4. The maximum absolute atomic E-state index is 11.9. The smallest absolute Gasteiger partial charge is 0.242 e. The Bertz CT molecular complexity index is 484. The van der Waals surface area contributed by atoms with Crippen LogP contribution in [0.5, 0.6) is 0 Å². The summed E-state index contributed by atoms with van der Waals surface area (Å²) in [5.41, 5.74) is 1.75. The number of anilines is 1. The topological polar surface area (TPSA) is 106 Å². The van der Waals surface area contributed by atoms with Gasteiger partial charge < -0.3 is 10.2 Å². The molecular weight excluding hydrogens is 256 g/mol. The SMILES string of the molecule is COC(C)(C)CNS(=O)(=O)c1ccc(NN)nc1. The van der Waals surface area contributed by atoms with Gasteiger partial charge in [-0.1, -0.05) is 0 Å². The summed E-state index contributed by atoms with van der Waals surface area (Å²) in [5, 5.41) is 0. The van der Waals surface area contributed by atoms with Gasteiger partial charge in [-0.2, -0.15) is 0 Å². The highest BCUT2D eigenvalue weighted by atomic mass is 32.2. The number of nitrogens with two attached hydrogens (primary N) is 1. The van der Waals surface area contributed by atoms with E-state index in [2.05, 4.69) is 15.1 Å². The number of hydrogen-bond donors (Lipinski definition) is 3. The van der Waals surface area contributed by atoms with Crippen LogP contribution in [-0.2, 0) is 14.8 Å². The molecule has 1 heterocycles. The highest BCUT2D eigenvalue weighted by Gasteiger charge is 2.21. The molecule has 0 saturated carbocycles. The van der Waals surface area contributed by atoms with E-state index in [0.717, 1.165) is 0 Å². The van der Waals surface area contributed by atoms with Crippen molar-refractivity contribution in [3.8, 4) is 0 Å². The Balaban J connectivity index is 2.80. The van der Waals surface area contributed by atoms with E-state index in [1.165, 1.54) is 25.4 Å². The lowest BCUT2D eigenvalue weighted by Crippen LogP contribution is -2.39. The first-order valence-corrected chi connectivity index (χ1v) is 6.76. The Kier molecular flexibility index (Phi) is 4.63. The molecule has 0 aliphatic carbocycles. The van der Waals surface area contributed by atoms with Gasteiger partial charge in [0.05, 0.1) is 5.60 Å². The second kappa shape index (κ2) is 5.61. The third-order valence-corrected chi connectivity index (χ3v) is 3.82. The van der Waals surface area contributed by atoms with Crippen LogP contribution in [0.25, 0.3) is 0 Å². The summed E-state index contributed by atoms with van der Waals surface area (Å²) in [4.78, 5) is 3.92. The van der Waals surface area contributed by atoms with Gasteiger partial charge in [0.1, 0.15) is 10.7 Å². The first-order valence-electron chi connectivity index (χ1n) is 5.28. The molecule has 0 radical (unpaired) electrons. The molecule has 102 valence electrons. The Hall–Kier alpha value is -1.22. The minimum atomic E-state index is -3.59. The van der Waals surface area contributed by atoms with Gasteiger partial charge in [-0.3, -0.25) is 0 Å². The number of hydrazine groups is 1. The quantitative estimate of drug-likeness (QED) is 0.500. The first kappa shape index (κ1) is 14.8. The fourth-order valence-corrected chi connectivity index (χ4v) is 2.19. The average Bonchev–Trinajstić information content (AvgIpc) is 2.37. The van der Waals surface area contributed by atoms with Crippen LogP contribution in [0.3, 0.4) is 0 Å². The zero-order valence-electron chi connectivity index (χ0n) is 10.6. The molecule has 0 aliphatic heterocycles. The van der Waals surface area contributed by atoms with E-state index in [9.17, 15) is 8.42 Å². The van der Waals surface area contributed by atoms with Crippen LogP contribution in [0, 0.1) is 0 Å². The van der Waals surface area contributed by atoms with Gasteiger partial charge in [-0.05, 0) is 26.0 Å². The summed E-state index contributed by atoms with van der Waals surface area (Å²) in [6.45, 7) is 3.74. The lowest BCUT2D eigenvalue weighted by atomic mass is 10.1. The molecular formula is C10H18N4O3S. The standard InChI is InChI=1S/C10H18N4O3S/c1-10(2,17-3)7-13-18(15,16)8-4-5-9(14-11)12-6-8/h4-6,13H,7,11H2,1-3H3,(H,12,14). The molecule has 0 aromatic carbocycles. The Morgan fingerprint density at radius 1 is 1.44 bits per heavy atom. The third-order valence-electron chi connectivity index (χ3n) is 2.44. The van der Waals surface area contributed by atoms with E-state index >= 15 is 0 Å². The van der Waals surface area contributed by atoms with Gasteiger partial charge in [0.25, 0.3) is 0 Å². The van der Waals surface area contributed by atoms with E-state index in [-0.39, 0.29) is 11.4 Å². The number of pyridine rings is 1. The van der Waals surface area contributed by atoms with Gasteiger partial charge in [0.15, 0.2) is 0 Å². The summed E-state index contributed by atoms with van der Waals surface area (Å²) in [6, 6.07) is 2.90. The van der Waals surface area contributed by atoms with Crippen molar-refractivity contribution >= 4 is 15.8 Å². The molecule has 0 fully saturated rings. The van der Waals surface area contributed by atoms with E-state index in [1.54, 1.807) is 13.8 Å². The molecule has 1 aromatic rings. The van der Waals surface area contributed by atoms with Crippen LogP contribution >= 0.6 is 0 Å². The lowest BCUT2D eigenvalue weighted by Gasteiger charge is -2.22. The van der Waals surface area contributed by atoms with Crippen LogP contribution in [0.2, 0.25) is 0 Å². The van der Waals surface area contributed by atoms with Crippen molar-refractivity contribution in [2.24, 2.45) is 5.84 Å². The molecule has 0 aliphatic rings. The van der Waals surface area contributed by atoms with Gasteiger partial charge >= 0.3 is 0 Å². The second-order valence-corrected chi connectivity index (χ2v) is 6.08. The minimum absolute atomic E-state index is 0.0772. The molecule has 0 unspecified atom stereocenters. The third kappa shape index (κ3) is 3.91. The Morgan fingerprint density at radius 3 is 2.56 bits per heavy atom. The second-order valence-electron chi connectivity index (χ2n) is 4.31. The van der Waals surface area contributed by atoms with E-state index in [0.29, 0.717) is 5.82 Å². The van der Waals surface area contributed by atoms with Crippen LogP contribution in [0.15, 0.2) is 23.2 Å². The Morgan fingerprint density at radius 2 is 2.11 bits per heavy atom. The summed E-state index contributed by atoms with van der Waals surface area (Å²) in [7, 11) is -2.06. The molecule has 18 heavy (non-hydrogen) atoms. The average molecular weight is 274 g/mol. The van der Waals surface area contributed by atoms with Crippen molar-refractivity contribution in [2.45, 2.75) is 24.3 Å². The van der Waals surface area contributed by atoms with Crippen LogP contribution < -0.4 is 16.0 Å². The molecule has 8 heteroatoms. The predicted octanol–water partition coefficient (Wildman–Crippen LogP) is 0.0705. The lowest BCUT2D eigenvalue weighted by molar-refractivity contribution is 0.0276. The highest BCUT2D eigenvalue weighted by molar-refractivity contribution is 7.89. The van der Waals surface area contributed by atoms with Crippen molar-refractivity contribution in [1.82, 2.24) is 9.71 Å². The number of nitrogens with zero attached hydrogens (tertiary/aromatic N) is 1. The number of rotatable bonds is 6. The molecule has 1 aromatic heterocycles. The monoisotopic (exact) mass is 274 g/mol. The number of hydrogen-bond acceptors (Lipinski definition) is 6. The molecule has 1 rings (SSSR count). The summed E-state index contributed by atoms with van der Waals surface area (Å²) in [5.74, 6) is 5.54. The molecule has 7 nitrogen and oxygen atoms in total. The van der Waals surface area contributed by atoms with Gasteiger partial charge in [-0.15, -0.1) is 0 Å². The number of ether oxygens (including phenoxy) is 1. The van der Waals surface area contributed by atoms with E-state index in [1.807, 2.05) is 0 Å². The molecule has 0 atom stereocenters. The summed E-state index contributed by atoms with van der Waals surface area (Å²) in [6.07, 6.45) is 1.23. The molecule has 0 spiro atoms. The molecule has 4 N–H and O–H groups in total. The number of nitrogen functional groups attached to an aromatic ring is 1. The number of nitrogens with one attached hydrogen (secondary N) is 2. The molecule has 0 amide bonds. The van der Waals surface area contributed by atoms with Gasteiger partial charge in [0, 0.05) is 19.9 Å². The normalized spacial score (nSPS) is 12.4. The fourth-order valence-electron chi connectivity index (χ4n) is 1.05. The van der Waals surface area contributed by atoms with Crippen molar-refractivity contribution in [3.05, 3.63) is 18.3 Å². The van der Waals surface area contributed by atoms with Crippen molar-refractivity contribution < 1.29 is 13.2 Å². The summed E-state index contributed by atoms with van der Waals surface area (Å²) >= 11 is 0. The van der Waals surface area contributed by atoms with E-state index < -0.39 is 15.6 Å². The van der Waals surface area contributed by atoms with Crippen molar-refractivity contribution in [1.29, 1.82) is 0 Å². The summed E-state index contributed by atoms with van der Waals surface area (Å²) < 4.78 is 31.5. The largest absolute Gasteiger partial charge is 0.377 e. The predicted molar refractivity (Wildman–Crippen MR) is 68.3 cm³/mol. The van der Waals surface area contributed by atoms with Crippen molar-refractivity contribution in [3.63, 3.8) is 0 Å². The van der Waals surface area contributed by atoms with Crippen molar-refractivity contribution in [2.75, 3.05) is 19.1 Å². The molecule has 0 saturated heterocycles. The fraction of sp³-hybridized carbons (Fsp3) is 0.500. The van der Waals surface area contributed by atoms with Gasteiger partial charge in [-0.25, -0.2) is 24.0 Å². The minimum Gasteiger partial charge on any atom is -0.377 e.